The minimum atomic E-state index is -1.72. The van der Waals surface area contributed by atoms with Crippen molar-refractivity contribution >= 4 is 23.5 Å². The van der Waals surface area contributed by atoms with Gasteiger partial charge in [-0.15, -0.1) is 0 Å². The molecule has 7 heteroatoms. The quantitative estimate of drug-likeness (QED) is 0.802. The molecule has 1 aliphatic rings. The summed E-state index contributed by atoms with van der Waals surface area (Å²) in [6.45, 7) is 2.97. The van der Waals surface area contributed by atoms with Crippen molar-refractivity contribution in [3.05, 3.63) is 23.8 Å². The van der Waals surface area contributed by atoms with E-state index in [2.05, 4.69) is 0 Å². The van der Waals surface area contributed by atoms with Gasteiger partial charge in [0, 0.05) is 12.0 Å². The fourth-order valence-corrected chi connectivity index (χ4v) is 2.33. The van der Waals surface area contributed by atoms with Crippen LogP contribution in [0.1, 0.15) is 19.4 Å². The Labute approximate surface area is 120 Å². The van der Waals surface area contributed by atoms with Gasteiger partial charge in [0.05, 0.1) is 5.69 Å². The largest absolute Gasteiger partial charge is 0.485 e. The molecule has 0 aromatic heterocycles. The minimum absolute atomic E-state index is 0.160. The molecular weight excluding hydrogens is 278 g/mol. The molecule has 2 N–H and O–H groups in total. The second kappa shape index (κ2) is 5.08. The van der Waals surface area contributed by atoms with Crippen LogP contribution in [-0.2, 0) is 20.8 Å². The van der Waals surface area contributed by atoms with Gasteiger partial charge in [-0.25, -0.2) is 4.79 Å². The number of ether oxygens (including phenoxy) is 1. The summed E-state index contributed by atoms with van der Waals surface area (Å²) < 4.78 is 5.74. The number of para-hydroxylation sites is 1. The van der Waals surface area contributed by atoms with Gasteiger partial charge in [0.25, 0.3) is 0 Å². The summed E-state index contributed by atoms with van der Waals surface area (Å²) in [5, 5.41) is 17.8. The van der Waals surface area contributed by atoms with E-state index in [4.69, 9.17) is 14.9 Å². The third-order valence-corrected chi connectivity index (χ3v) is 3.08. The third kappa shape index (κ3) is 2.96. The molecule has 1 amide bonds. The molecule has 0 saturated heterocycles. The van der Waals surface area contributed by atoms with E-state index < -0.39 is 30.0 Å². The number of benzene rings is 1. The summed E-state index contributed by atoms with van der Waals surface area (Å²) in [6.07, 6.45) is 0.596. The zero-order valence-electron chi connectivity index (χ0n) is 11.6. The number of anilines is 1. The van der Waals surface area contributed by atoms with Gasteiger partial charge < -0.3 is 14.9 Å². The molecule has 0 spiro atoms. The highest BCUT2D eigenvalue weighted by Crippen LogP contribution is 2.42. The van der Waals surface area contributed by atoms with Gasteiger partial charge in [0.2, 0.25) is 0 Å². The zero-order chi connectivity index (χ0) is 15.8. The topological polar surface area (TPSA) is 104 Å². The van der Waals surface area contributed by atoms with E-state index in [0.29, 0.717) is 17.1 Å². The number of carbonyl (C=O) groups is 3. The average molecular weight is 293 g/mol. The zero-order valence-corrected chi connectivity index (χ0v) is 11.6. The molecule has 0 aliphatic carbocycles. The van der Waals surface area contributed by atoms with Gasteiger partial charge >= 0.3 is 17.8 Å². The van der Waals surface area contributed by atoms with Gasteiger partial charge in [0.15, 0.2) is 0 Å². The molecule has 1 aromatic rings. The SMILES string of the molecule is CC1(C)Cc2cccc(N(CC(=O)O)C(=O)C(=O)O)c2O1. The Kier molecular flexibility index (Phi) is 3.59. The first-order valence-electron chi connectivity index (χ1n) is 6.29. The average Bonchev–Trinajstić information content (AvgIpc) is 2.68. The van der Waals surface area contributed by atoms with Crippen LogP contribution in [0.4, 0.5) is 5.69 Å². The fourth-order valence-electron chi connectivity index (χ4n) is 2.33. The lowest BCUT2D eigenvalue weighted by Crippen LogP contribution is -2.40. The Morgan fingerprint density at radius 2 is 1.95 bits per heavy atom. The maximum atomic E-state index is 11.7. The van der Waals surface area contributed by atoms with E-state index in [1.165, 1.54) is 6.07 Å². The number of fused-ring (bicyclic) bond motifs is 1. The summed E-state index contributed by atoms with van der Waals surface area (Å²) in [6, 6.07) is 4.92. The van der Waals surface area contributed by atoms with Crippen molar-refractivity contribution in [2.75, 3.05) is 11.4 Å². The second-order valence-corrected chi connectivity index (χ2v) is 5.39. The summed E-state index contributed by atoms with van der Waals surface area (Å²) in [4.78, 5) is 34.3. The molecule has 112 valence electrons. The van der Waals surface area contributed by atoms with Gasteiger partial charge in [-0.2, -0.15) is 0 Å². The van der Waals surface area contributed by atoms with Crippen LogP contribution in [0.25, 0.3) is 0 Å². The molecule has 1 aliphatic heterocycles. The Bertz CT molecular complexity index is 622. The van der Waals surface area contributed by atoms with E-state index in [1.54, 1.807) is 12.1 Å². The van der Waals surface area contributed by atoms with Gasteiger partial charge in [-0.3, -0.25) is 14.5 Å². The molecule has 21 heavy (non-hydrogen) atoms. The first kappa shape index (κ1) is 14.8. The maximum Gasteiger partial charge on any atom is 0.394 e. The molecule has 0 saturated carbocycles. The maximum absolute atomic E-state index is 11.7. The number of carbonyl (C=O) groups excluding carboxylic acids is 1. The highest BCUT2D eigenvalue weighted by molar-refractivity contribution is 6.38. The van der Waals surface area contributed by atoms with E-state index in [9.17, 15) is 14.4 Å². The van der Waals surface area contributed by atoms with Crippen LogP contribution in [0.15, 0.2) is 18.2 Å². The number of amides is 1. The smallest absolute Gasteiger partial charge is 0.394 e. The van der Waals surface area contributed by atoms with Crippen molar-refractivity contribution in [1.29, 1.82) is 0 Å². The number of hydrogen-bond donors (Lipinski definition) is 2. The number of carboxylic acid groups (broad SMARTS) is 2. The molecule has 7 nitrogen and oxygen atoms in total. The molecule has 0 atom stereocenters. The van der Waals surface area contributed by atoms with Crippen molar-refractivity contribution < 1.29 is 29.3 Å². The number of rotatable bonds is 3. The Morgan fingerprint density at radius 3 is 2.52 bits per heavy atom. The molecule has 0 unspecified atom stereocenters. The van der Waals surface area contributed by atoms with Crippen LogP contribution in [-0.4, -0.2) is 40.2 Å². The minimum Gasteiger partial charge on any atom is -0.485 e. The van der Waals surface area contributed by atoms with Gasteiger partial charge in [-0.05, 0) is 19.9 Å². The molecule has 0 radical (unpaired) electrons. The predicted octanol–water partition coefficient (Wildman–Crippen LogP) is 0.902. The molecule has 0 fully saturated rings. The highest BCUT2D eigenvalue weighted by atomic mass is 16.5. The molecular formula is C14H15NO6. The normalized spacial score (nSPS) is 15.0. The van der Waals surface area contributed by atoms with Crippen LogP contribution in [0.2, 0.25) is 0 Å². The van der Waals surface area contributed by atoms with Crippen molar-refractivity contribution in [3.63, 3.8) is 0 Å². The Balaban J connectivity index is 2.48. The number of aliphatic carboxylic acids is 2. The first-order valence-corrected chi connectivity index (χ1v) is 6.29. The lowest BCUT2D eigenvalue weighted by Gasteiger charge is -2.23. The van der Waals surface area contributed by atoms with Crippen molar-refractivity contribution in [3.8, 4) is 5.75 Å². The monoisotopic (exact) mass is 293 g/mol. The van der Waals surface area contributed by atoms with Crippen molar-refractivity contribution in [2.45, 2.75) is 25.9 Å². The van der Waals surface area contributed by atoms with Gasteiger partial charge in [0.1, 0.15) is 17.9 Å². The number of carboxylic acids is 2. The fraction of sp³-hybridized carbons (Fsp3) is 0.357. The molecule has 0 bridgehead atoms. The molecule has 1 heterocycles. The standard InChI is InChI=1S/C14H15NO6/c1-14(2)6-8-4-3-5-9(11(8)21-14)15(7-10(16)17)12(18)13(19)20/h3-5H,6-7H2,1-2H3,(H,16,17)(H,19,20). The van der Waals surface area contributed by atoms with Crippen molar-refractivity contribution in [1.82, 2.24) is 0 Å². The number of nitrogens with zero attached hydrogens (tertiary/aromatic N) is 1. The van der Waals surface area contributed by atoms with E-state index >= 15 is 0 Å². The van der Waals surface area contributed by atoms with E-state index in [1.807, 2.05) is 13.8 Å². The van der Waals surface area contributed by atoms with E-state index in [-0.39, 0.29) is 5.69 Å². The van der Waals surface area contributed by atoms with Crippen LogP contribution in [0.3, 0.4) is 0 Å². The third-order valence-electron chi connectivity index (χ3n) is 3.08. The molecule has 1 aromatic carbocycles. The van der Waals surface area contributed by atoms with E-state index in [0.717, 1.165) is 5.56 Å². The Hall–Kier alpha value is -2.57. The van der Waals surface area contributed by atoms with Crippen LogP contribution in [0.5, 0.6) is 5.75 Å². The van der Waals surface area contributed by atoms with Crippen LogP contribution >= 0.6 is 0 Å². The van der Waals surface area contributed by atoms with Crippen LogP contribution < -0.4 is 9.64 Å². The Morgan fingerprint density at radius 1 is 1.29 bits per heavy atom. The van der Waals surface area contributed by atoms with Crippen molar-refractivity contribution in [2.24, 2.45) is 0 Å². The first-order chi connectivity index (χ1) is 9.71. The lowest BCUT2D eigenvalue weighted by atomic mass is 10.0. The lowest BCUT2D eigenvalue weighted by molar-refractivity contribution is -0.149. The summed E-state index contributed by atoms with van der Waals surface area (Å²) in [7, 11) is 0. The van der Waals surface area contributed by atoms with Gasteiger partial charge in [-0.1, -0.05) is 12.1 Å². The summed E-state index contributed by atoms with van der Waals surface area (Å²) >= 11 is 0. The molecule has 2 rings (SSSR count). The summed E-state index contributed by atoms with van der Waals surface area (Å²) in [5.41, 5.74) is 0.485. The number of hydrogen-bond acceptors (Lipinski definition) is 4. The highest BCUT2D eigenvalue weighted by Gasteiger charge is 2.35. The second-order valence-electron chi connectivity index (χ2n) is 5.39. The summed E-state index contributed by atoms with van der Waals surface area (Å²) in [5.74, 6) is -3.97. The van der Waals surface area contributed by atoms with Crippen LogP contribution in [0, 0.1) is 0 Å². The predicted molar refractivity (Wildman–Crippen MR) is 72.5 cm³/mol.